The van der Waals surface area contributed by atoms with E-state index in [0.29, 0.717) is 4.88 Å². The number of carbonyl (C=O) groups excluding carboxylic acids is 1. The molecule has 3 aromatic heterocycles. The topological polar surface area (TPSA) is 66.6 Å². The van der Waals surface area contributed by atoms with Gasteiger partial charge in [0.1, 0.15) is 4.83 Å². The zero-order chi connectivity index (χ0) is 14.4. The van der Waals surface area contributed by atoms with Crippen molar-refractivity contribution < 1.29 is 9.90 Å². The van der Waals surface area contributed by atoms with Crippen LogP contribution in [0.4, 0.5) is 0 Å². The quantitative estimate of drug-likeness (QED) is 0.762. The van der Waals surface area contributed by atoms with Gasteiger partial charge in [-0.15, -0.1) is 22.7 Å². The second-order valence-corrected chi connectivity index (χ2v) is 7.30. The number of thiophene rings is 1. The fraction of sp³-hybridized carbons (Fsp3) is 0.429. The van der Waals surface area contributed by atoms with Gasteiger partial charge in [-0.3, -0.25) is 9.20 Å². The molecule has 3 heterocycles. The molecule has 2 N–H and O–H groups in total. The SMILES string of the molecule is O=C(NC1CCCCC1O)c1cc2c(nc3sccn32)s1. The van der Waals surface area contributed by atoms with Gasteiger partial charge in [-0.25, -0.2) is 4.98 Å². The number of aromatic nitrogens is 2. The second-order valence-electron chi connectivity index (χ2n) is 5.40. The molecule has 2 unspecified atom stereocenters. The van der Waals surface area contributed by atoms with Crippen LogP contribution in [0.5, 0.6) is 0 Å². The molecule has 5 nitrogen and oxygen atoms in total. The van der Waals surface area contributed by atoms with Gasteiger partial charge in [-0.2, -0.15) is 0 Å². The molecule has 110 valence electrons. The smallest absolute Gasteiger partial charge is 0.261 e. The molecule has 4 rings (SSSR count). The number of carbonyl (C=O) groups is 1. The lowest BCUT2D eigenvalue weighted by atomic mass is 9.92. The van der Waals surface area contributed by atoms with Crippen LogP contribution in [0.3, 0.4) is 0 Å². The fourth-order valence-electron chi connectivity index (χ4n) is 2.88. The van der Waals surface area contributed by atoms with Crippen molar-refractivity contribution in [1.82, 2.24) is 14.7 Å². The van der Waals surface area contributed by atoms with Crippen LogP contribution in [-0.2, 0) is 0 Å². The lowest BCUT2D eigenvalue weighted by Crippen LogP contribution is -2.44. The minimum atomic E-state index is -0.419. The number of thiazole rings is 1. The summed E-state index contributed by atoms with van der Waals surface area (Å²) < 4.78 is 2.00. The average molecular weight is 321 g/mol. The van der Waals surface area contributed by atoms with E-state index in [2.05, 4.69) is 10.3 Å². The third kappa shape index (κ3) is 2.25. The minimum Gasteiger partial charge on any atom is -0.391 e. The van der Waals surface area contributed by atoms with E-state index >= 15 is 0 Å². The highest BCUT2D eigenvalue weighted by Crippen LogP contribution is 2.28. The minimum absolute atomic E-state index is 0.104. The summed E-state index contributed by atoms with van der Waals surface area (Å²) >= 11 is 2.99. The van der Waals surface area contributed by atoms with E-state index < -0.39 is 6.10 Å². The maximum absolute atomic E-state index is 12.4. The number of fused-ring (bicyclic) bond motifs is 3. The van der Waals surface area contributed by atoms with Crippen LogP contribution in [0.2, 0.25) is 0 Å². The van der Waals surface area contributed by atoms with Gasteiger partial charge in [0.15, 0.2) is 4.96 Å². The van der Waals surface area contributed by atoms with Crippen molar-refractivity contribution in [3.8, 4) is 0 Å². The lowest BCUT2D eigenvalue weighted by molar-refractivity contribution is 0.0720. The lowest BCUT2D eigenvalue weighted by Gasteiger charge is -2.28. The first-order valence-corrected chi connectivity index (χ1v) is 8.76. The van der Waals surface area contributed by atoms with E-state index in [1.165, 1.54) is 11.3 Å². The van der Waals surface area contributed by atoms with Crippen molar-refractivity contribution in [2.45, 2.75) is 37.8 Å². The molecule has 0 aromatic carbocycles. The molecule has 1 aliphatic carbocycles. The number of aliphatic hydroxyl groups is 1. The summed E-state index contributed by atoms with van der Waals surface area (Å²) in [4.78, 5) is 19.4. The first-order chi connectivity index (χ1) is 10.2. The molecule has 1 fully saturated rings. The monoisotopic (exact) mass is 321 g/mol. The number of rotatable bonds is 2. The van der Waals surface area contributed by atoms with E-state index in [4.69, 9.17) is 0 Å². The Balaban J connectivity index is 1.59. The standard InChI is InChI=1S/C14H15N3O2S2/c18-10-4-2-1-3-8(10)15-12(19)11-7-9-13(21-11)16-14-17(9)5-6-20-14/h5-8,10,18H,1-4H2,(H,15,19). The summed E-state index contributed by atoms with van der Waals surface area (Å²) in [5, 5.41) is 14.9. The van der Waals surface area contributed by atoms with Crippen LogP contribution in [0, 0.1) is 0 Å². The van der Waals surface area contributed by atoms with Crippen molar-refractivity contribution in [3.05, 3.63) is 22.5 Å². The highest BCUT2D eigenvalue weighted by Gasteiger charge is 2.25. The Hall–Kier alpha value is -1.44. The van der Waals surface area contributed by atoms with Crippen LogP contribution in [-0.4, -0.2) is 32.5 Å². The van der Waals surface area contributed by atoms with Gasteiger partial charge in [-0.1, -0.05) is 12.8 Å². The number of aliphatic hydroxyl groups excluding tert-OH is 1. The van der Waals surface area contributed by atoms with Gasteiger partial charge in [0, 0.05) is 11.6 Å². The Morgan fingerprint density at radius 3 is 3.14 bits per heavy atom. The molecule has 0 aliphatic heterocycles. The van der Waals surface area contributed by atoms with Crippen molar-refractivity contribution in [2.24, 2.45) is 0 Å². The van der Waals surface area contributed by atoms with Crippen molar-refractivity contribution in [2.75, 3.05) is 0 Å². The van der Waals surface area contributed by atoms with Crippen molar-refractivity contribution in [1.29, 1.82) is 0 Å². The zero-order valence-electron chi connectivity index (χ0n) is 11.3. The average Bonchev–Trinajstić information content (AvgIpc) is 3.12. The Kier molecular flexibility index (Phi) is 3.20. The Morgan fingerprint density at radius 2 is 2.29 bits per heavy atom. The number of amides is 1. The number of hydrogen-bond donors (Lipinski definition) is 2. The highest BCUT2D eigenvalue weighted by atomic mass is 32.1. The normalized spacial score (nSPS) is 22.9. The first-order valence-electron chi connectivity index (χ1n) is 7.06. The third-order valence-electron chi connectivity index (χ3n) is 4.01. The third-order valence-corrected chi connectivity index (χ3v) is 5.78. The number of hydrogen-bond acceptors (Lipinski definition) is 5. The number of nitrogens with zero attached hydrogens (tertiary/aromatic N) is 2. The molecular weight excluding hydrogens is 306 g/mol. The first kappa shape index (κ1) is 13.2. The summed E-state index contributed by atoms with van der Waals surface area (Å²) in [6, 6.07) is 1.77. The van der Waals surface area contributed by atoms with E-state index in [9.17, 15) is 9.90 Å². The van der Waals surface area contributed by atoms with Crippen LogP contribution in [0.25, 0.3) is 15.3 Å². The highest BCUT2D eigenvalue weighted by molar-refractivity contribution is 7.21. The summed E-state index contributed by atoms with van der Waals surface area (Å²) in [6.45, 7) is 0. The Labute approximate surface area is 129 Å². The number of nitrogens with one attached hydrogen (secondary N) is 1. The van der Waals surface area contributed by atoms with Gasteiger partial charge in [0.05, 0.1) is 22.5 Å². The molecule has 0 saturated heterocycles. The molecule has 3 aromatic rings. The summed E-state index contributed by atoms with van der Waals surface area (Å²) in [6.07, 6.45) is 5.27. The van der Waals surface area contributed by atoms with Crippen LogP contribution in [0.1, 0.15) is 35.4 Å². The molecule has 7 heteroatoms. The second kappa shape index (κ2) is 5.08. The summed E-state index contributed by atoms with van der Waals surface area (Å²) in [7, 11) is 0. The molecule has 0 bridgehead atoms. The van der Waals surface area contributed by atoms with E-state index in [1.54, 1.807) is 11.3 Å². The molecule has 1 aliphatic rings. The number of imidazole rings is 1. The predicted molar refractivity (Wildman–Crippen MR) is 84.2 cm³/mol. The molecular formula is C14H15N3O2S2. The Bertz CT molecular complexity index is 804. The summed E-state index contributed by atoms with van der Waals surface area (Å²) in [5.74, 6) is -0.104. The fourth-order valence-corrected chi connectivity index (χ4v) is 4.58. The molecule has 1 amide bonds. The van der Waals surface area contributed by atoms with Gasteiger partial charge in [0.2, 0.25) is 0 Å². The van der Waals surface area contributed by atoms with Gasteiger partial charge < -0.3 is 10.4 Å². The van der Waals surface area contributed by atoms with Crippen molar-refractivity contribution >= 4 is 43.9 Å². The van der Waals surface area contributed by atoms with E-state index in [-0.39, 0.29) is 11.9 Å². The van der Waals surface area contributed by atoms with Crippen molar-refractivity contribution in [3.63, 3.8) is 0 Å². The predicted octanol–water partition coefficient (Wildman–Crippen LogP) is 2.64. The van der Waals surface area contributed by atoms with Crippen LogP contribution >= 0.6 is 22.7 Å². The largest absolute Gasteiger partial charge is 0.391 e. The van der Waals surface area contributed by atoms with Crippen LogP contribution in [0.15, 0.2) is 17.6 Å². The molecule has 0 spiro atoms. The van der Waals surface area contributed by atoms with E-state index in [0.717, 1.165) is 41.0 Å². The van der Waals surface area contributed by atoms with E-state index in [1.807, 2.05) is 22.0 Å². The molecule has 2 atom stereocenters. The van der Waals surface area contributed by atoms with Gasteiger partial charge in [0.25, 0.3) is 5.91 Å². The maximum Gasteiger partial charge on any atom is 0.261 e. The van der Waals surface area contributed by atoms with Crippen LogP contribution < -0.4 is 5.32 Å². The molecule has 21 heavy (non-hydrogen) atoms. The maximum atomic E-state index is 12.4. The molecule has 0 radical (unpaired) electrons. The molecule has 1 saturated carbocycles. The zero-order valence-corrected chi connectivity index (χ0v) is 12.9. The van der Waals surface area contributed by atoms with Gasteiger partial charge in [-0.05, 0) is 18.9 Å². The van der Waals surface area contributed by atoms with Gasteiger partial charge >= 0.3 is 0 Å². The summed E-state index contributed by atoms with van der Waals surface area (Å²) in [5.41, 5.74) is 0.977. The Morgan fingerprint density at radius 1 is 1.43 bits per heavy atom.